The molecule has 1 saturated heterocycles. The Morgan fingerprint density at radius 1 is 1.00 bits per heavy atom. The minimum atomic E-state index is -0.615. The number of hydrogen-bond acceptors (Lipinski definition) is 4. The van der Waals surface area contributed by atoms with Crippen molar-refractivity contribution in [3.05, 3.63) is 59.7 Å². The fourth-order valence-electron chi connectivity index (χ4n) is 3.51. The molecule has 0 spiro atoms. The van der Waals surface area contributed by atoms with E-state index in [1.165, 1.54) is 18.4 Å². The summed E-state index contributed by atoms with van der Waals surface area (Å²) in [4.78, 5) is 15.0. The van der Waals surface area contributed by atoms with Crippen molar-refractivity contribution in [2.24, 2.45) is 0 Å². The molecule has 0 aliphatic carbocycles. The zero-order valence-electron chi connectivity index (χ0n) is 14.8. The van der Waals surface area contributed by atoms with Crippen LogP contribution in [0.1, 0.15) is 24.0 Å². The number of benzene rings is 2. The van der Waals surface area contributed by atoms with Gasteiger partial charge in [-0.15, -0.1) is 0 Å². The first-order chi connectivity index (χ1) is 12.8. The summed E-state index contributed by atoms with van der Waals surface area (Å²) < 4.78 is 11.4. The molecule has 2 aromatic carbocycles. The molecule has 5 nitrogen and oxygen atoms in total. The highest BCUT2D eigenvalue weighted by atomic mass is 16.6. The van der Waals surface area contributed by atoms with E-state index < -0.39 is 6.10 Å². The van der Waals surface area contributed by atoms with E-state index in [4.69, 9.17) is 9.47 Å². The second-order valence-corrected chi connectivity index (χ2v) is 6.83. The van der Waals surface area contributed by atoms with Crippen molar-refractivity contribution < 1.29 is 14.3 Å². The molecule has 1 amide bonds. The Balaban J connectivity index is 1.36. The highest BCUT2D eigenvalue weighted by Gasteiger charge is 2.27. The minimum absolute atomic E-state index is 0.143. The Labute approximate surface area is 153 Å². The number of nitrogens with one attached hydrogen (secondary N) is 1. The molecule has 2 aliphatic rings. The number of carbonyl (C=O) groups is 1. The molecule has 1 N–H and O–H groups in total. The Hall–Kier alpha value is -2.53. The molecule has 1 atom stereocenters. The van der Waals surface area contributed by atoms with Crippen LogP contribution in [0.4, 0.5) is 0 Å². The van der Waals surface area contributed by atoms with Gasteiger partial charge in [0.15, 0.2) is 11.5 Å². The van der Waals surface area contributed by atoms with Gasteiger partial charge in [0.05, 0.1) is 0 Å². The first kappa shape index (κ1) is 16.9. The number of ether oxygens (including phenoxy) is 2. The molecule has 2 heterocycles. The van der Waals surface area contributed by atoms with Crippen LogP contribution < -0.4 is 14.8 Å². The quantitative estimate of drug-likeness (QED) is 0.899. The van der Waals surface area contributed by atoms with Crippen LogP contribution in [0.3, 0.4) is 0 Å². The first-order valence-electron chi connectivity index (χ1n) is 9.25. The molecule has 1 fully saturated rings. The van der Waals surface area contributed by atoms with Gasteiger partial charge in [-0.05, 0) is 49.2 Å². The lowest BCUT2D eigenvalue weighted by molar-refractivity contribution is -0.130. The normalized spacial score (nSPS) is 19.3. The lowest BCUT2D eigenvalue weighted by Crippen LogP contribution is -2.43. The van der Waals surface area contributed by atoms with Crippen LogP contribution in [0.25, 0.3) is 0 Å². The van der Waals surface area contributed by atoms with E-state index in [2.05, 4.69) is 28.4 Å². The fraction of sp³-hybridized carbons (Fsp3) is 0.381. The van der Waals surface area contributed by atoms with Gasteiger partial charge in [-0.2, -0.15) is 0 Å². The Kier molecular flexibility index (Phi) is 5.07. The van der Waals surface area contributed by atoms with Crippen LogP contribution in [0.2, 0.25) is 0 Å². The monoisotopic (exact) mass is 352 g/mol. The SMILES string of the molecule is O=C(NCc1ccccc1CN1CCCC1)[C@H]1COc2ccccc2O1. The maximum absolute atomic E-state index is 12.5. The van der Waals surface area contributed by atoms with Crippen molar-refractivity contribution in [3.8, 4) is 11.5 Å². The van der Waals surface area contributed by atoms with Crippen molar-refractivity contribution in [1.82, 2.24) is 10.2 Å². The third kappa shape index (κ3) is 3.83. The van der Waals surface area contributed by atoms with Gasteiger partial charge in [-0.25, -0.2) is 0 Å². The van der Waals surface area contributed by atoms with Gasteiger partial charge in [-0.3, -0.25) is 9.69 Å². The molecule has 2 aromatic rings. The number of amides is 1. The summed E-state index contributed by atoms with van der Waals surface area (Å²) in [6.45, 7) is 4.01. The molecule has 4 rings (SSSR count). The second kappa shape index (κ2) is 7.79. The van der Waals surface area contributed by atoms with Crippen LogP contribution >= 0.6 is 0 Å². The van der Waals surface area contributed by atoms with Crippen molar-refractivity contribution in [3.63, 3.8) is 0 Å². The first-order valence-corrected chi connectivity index (χ1v) is 9.25. The average molecular weight is 352 g/mol. The van der Waals surface area contributed by atoms with Gasteiger partial charge in [0.2, 0.25) is 6.10 Å². The fourth-order valence-corrected chi connectivity index (χ4v) is 3.51. The minimum Gasteiger partial charge on any atom is -0.485 e. The number of hydrogen-bond donors (Lipinski definition) is 1. The summed E-state index contributed by atoms with van der Waals surface area (Å²) in [6.07, 6.45) is 1.94. The van der Waals surface area contributed by atoms with Crippen molar-refractivity contribution in [1.29, 1.82) is 0 Å². The largest absolute Gasteiger partial charge is 0.485 e. The number of carbonyl (C=O) groups excluding carboxylic acids is 1. The highest BCUT2D eigenvalue weighted by Crippen LogP contribution is 2.30. The Bertz CT molecular complexity index is 771. The molecule has 26 heavy (non-hydrogen) atoms. The molecule has 0 radical (unpaired) electrons. The van der Waals surface area contributed by atoms with Gasteiger partial charge < -0.3 is 14.8 Å². The van der Waals surface area contributed by atoms with Crippen LogP contribution in [0.15, 0.2) is 48.5 Å². The Morgan fingerprint density at radius 3 is 2.50 bits per heavy atom. The molecular weight excluding hydrogens is 328 g/mol. The Morgan fingerprint density at radius 2 is 1.69 bits per heavy atom. The van der Waals surface area contributed by atoms with Crippen molar-refractivity contribution in [2.45, 2.75) is 32.0 Å². The molecule has 136 valence electrons. The lowest BCUT2D eigenvalue weighted by Gasteiger charge is -2.25. The number of likely N-dealkylation sites (tertiary alicyclic amines) is 1. The van der Waals surface area contributed by atoms with E-state index in [-0.39, 0.29) is 12.5 Å². The summed E-state index contributed by atoms with van der Waals surface area (Å²) in [7, 11) is 0. The summed E-state index contributed by atoms with van der Waals surface area (Å²) in [5, 5.41) is 3.00. The van der Waals surface area contributed by atoms with Crippen molar-refractivity contribution >= 4 is 5.91 Å². The van der Waals surface area contributed by atoms with Gasteiger partial charge in [0, 0.05) is 13.1 Å². The lowest BCUT2D eigenvalue weighted by atomic mass is 10.1. The van der Waals surface area contributed by atoms with E-state index >= 15 is 0 Å². The average Bonchev–Trinajstić information content (AvgIpc) is 3.20. The van der Waals surface area contributed by atoms with Crippen LogP contribution in [-0.4, -0.2) is 36.6 Å². The van der Waals surface area contributed by atoms with Gasteiger partial charge in [0.25, 0.3) is 5.91 Å². The molecular formula is C21H24N2O3. The number of rotatable bonds is 5. The van der Waals surface area contributed by atoms with E-state index in [0.29, 0.717) is 18.0 Å². The molecule has 0 bridgehead atoms. The predicted octanol–water partition coefficient (Wildman–Crippen LogP) is 2.74. The summed E-state index contributed by atoms with van der Waals surface area (Å²) >= 11 is 0. The standard InChI is InChI=1S/C21H24N2O3/c24-21(20-15-25-18-9-3-4-10-19(18)26-20)22-13-16-7-1-2-8-17(16)14-23-11-5-6-12-23/h1-4,7-10,20H,5-6,11-15H2,(H,22,24)/t20-/m1/s1. The third-order valence-corrected chi connectivity index (χ3v) is 4.97. The maximum Gasteiger partial charge on any atom is 0.264 e. The zero-order valence-corrected chi connectivity index (χ0v) is 14.8. The van der Waals surface area contributed by atoms with E-state index in [9.17, 15) is 4.79 Å². The van der Waals surface area contributed by atoms with Crippen LogP contribution in [-0.2, 0) is 17.9 Å². The van der Waals surface area contributed by atoms with Crippen LogP contribution in [0.5, 0.6) is 11.5 Å². The van der Waals surface area contributed by atoms with E-state index in [0.717, 1.165) is 25.2 Å². The highest BCUT2D eigenvalue weighted by molar-refractivity contribution is 5.81. The second-order valence-electron chi connectivity index (χ2n) is 6.83. The van der Waals surface area contributed by atoms with Crippen LogP contribution in [0, 0.1) is 0 Å². The summed E-state index contributed by atoms with van der Waals surface area (Å²) in [5.41, 5.74) is 2.44. The number of para-hydroxylation sites is 2. The molecule has 2 aliphatic heterocycles. The predicted molar refractivity (Wildman–Crippen MR) is 99.2 cm³/mol. The van der Waals surface area contributed by atoms with Gasteiger partial charge in [-0.1, -0.05) is 36.4 Å². The molecule has 0 saturated carbocycles. The number of fused-ring (bicyclic) bond motifs is 1. The summed E-state index contributed by atoms with van der Waals surface area (Å²) in [6, 6.07) is 15.7. The molecule has 5 heteroatoms. The van der Waals surface area contributed by atoms with E-state index in [1.807, 2.05) is 30.3 Å². The zero-order chi connectivity index (χ0) is 17.8. The number of nitrogens with zero attached hydrogens (tertiary/aromatic N) is 1. The molecule has 0 unspecified atom stereocenters. The maximum atomic E-state index is 12.5. The third-order valence-electron chi connectivity index (χ3n) is 4.97. The summed E-state index contributed by atoms with van der Waals surface area (Å²) in [5.74, 6) is 1.16. The van der Waals surface area contributed by atoms with E-state index in [1.54, 1.807) is 0 Å². The molecule has 0 aromatic heterocycles. The van der Waals surface area contributed by atoms with Gasteiger partial charge >= 0.3 is 0 Å². The topological polar surface area (TPSA) is 50.8 Å². The smallest absolute Gasteiger partial charge is 0.264 e. The van der Waals surface area contributed by atoms with Crippen molar-refractivity contribution in [2.75, 3.05) is 19.7 Å². The van der Waals surface area contributed by atoms with Gasteiger partial charge in [0.1, 0.15) is 6.61 Å².